The van der Waals surface area contributed by atoms with E-state index in [4.69, 9.17) is 0 Å². The van der Waals surface area contributed by atoms with Crippen LogP contribution in [0, 0.1) is 0 Å². The van der Waals surface area contributed by atoms with Gasteiger partial charge in [-0.25, -0.2) is 0 Å². The summed E-state index contributed by atoms with van der Waals surface area (Å²) in [5.74, 6) is -0.590. The molecule has 0 aliphatic carbocycles. The van der Waals surface area contributed by atoms with Gasteiger partial charge in [0.2, 0.25) is 5.91 Å². The summed E-state index contributed by atoms with van der Waals surface area (Å²) in [5, 5.41) is 43.4. The van der Waals surface area contributed by atoms with Crippen LogP contribution in [0.4, 0.5) is 0 Å². The van der Waals surface area contributed by atoms with E-state index in [1.807, 2.05) is 0 Å². The molecule has 6 heteroatoms. The maximum atomic E-state index is 12.4. The summed E-state index contributed by atoms with van der Waals surface area (Å²) in [6, 6.07) is -0.982. The first-order chi connectivity index (χ1) is 21.0. The zero-order valence-electron chi connectivity index (χ0n) is 28.5. The number of carbonyl (C=O) groups excluding carboxylic acids is 1. The van der Waals surface area contributed by atoms with Gasteiger partial charge in [-0.3, -0.25) is 4.79 Å². The van der Waals surface area contributed by atoms with Gasteiger partial charge >= 0.3 is 0 Å². The fraction of sp³-hybridized carbons (Fsp3) is 0.919. The van der Waals surface area contributed by atoms with Crippen LogP contribution in [-0.2, 0) is 4.79 Å². The van der Waals surface area contributed by atoms with Crippen molar-refractivity contribution in [1.82, 2.24) is 5.32 Å². The van der Waals surface area contributed by atoms with E-state index in [9.17, 15) is 25.2 Å². The molecule has 0 aliphatic heterocycles. The first-order valence-electron chi connectivity index (χ1n) is 18.6. The molecule has 256 valence electrons. The smallest absolute Gasteiger partial charge is 0.249 e. The van der Waals surface area contributed by atoms with Gasteiger partial charge in [-0.05, 0) is 38.5 Å². The highest BCUT2D eigenvalue weighted by Gasteiger charge is 2.28. The number of hydrogen-bond acceptors (Lipinski definition) is 5. The molecule has 0 aromatic carbocycles. The highest BCUT2D eigenvalue weighted by atomic mass is 16.3. The van der Waals surface area contributed by atoms with Gasteiger partial charge < -0.3 is 25.7 Å². The van der Waals surface area contributed by atoms with Crippen LogP contribution in [0.15, 0.2) is 12.2 Å². The first kappa shape index (κ1) is 42.0. The van der Waals surface area contributed by atoms with Crippen molar-refractivity contribution in [3.63, 3.8) is 0 Å². The maximum Gasteiger partial charge on any atom is 0.249 e. The molecule has 0 radical (unpaired) electrons. The summed E-state index contributed by atoms with van der Waals surface area (Å²) in [6.45, 7) is 4.01. The van der Waals surface area contributed by atoms with Gasteiger partial charge in [0.05, 0.1) is 18.8 Å². The number of rotatable bonds is 33. The fourth-order valence-corrected chi connectivity index (χ4v) is 5.69. The normalized spacial score (nSPS) is 14.7. The third-order valence-electron chi connectivity index (χ3n) is 8.73. The monoisotopic (exact) mass is 612 g/mol. The van der Waals surface area contributed by atoms with Crippen LogP contribution in [0.3, 0.4) is 0 Å². The Kier molecular flexibility index (Phi) is 31.7. The summed E-state index contributed by atoms with van der Waals surface area (Å²) in [7, 11) is 0. The van der Waals surface area contributed by atoms with E-state index in [0.717, 1.165) is 44.9 Å². The van der Waals surface area contributed by atoms with Crippen molar-refractivity contribution in [1.29, 1.82) is 0 Å². The third-order valence-corrected chi connectivity index (χ3v) is 8.73. The molecule has 0 saturated carbocycles. The van der Waals surface area contributed by atoms with E-state index >= 15 is 0 Å². The highest BCUT2D eigenvalue weighted by molar-refractivity contribution is 5.80. The lowest BCUT2D eigenvalue weighted by atomic mass is 9.99. The Balaban J connectivity index is 3.82. The van der Waals surface area contributed by atoms with Gasteiger partial charge in [-0.2, -0.15) is 0 Å². The van der Waals surface area contributed by atoms with Crippen LogP contribution in [0.2, 0.25) is 0 Å². The van der Waals surface area contributed by atoms with E-state index in [-0.39, 0.29) is 0 Å². The molecule has 6 nitrogen and oxygen atoms in total. The topological polar surface area (TPSA) is 110 Å². The van der Waals surface area contributed by atoms with Crippen LogP contribution < -0.4 is 5.32 Å². The van der Waals surface area contributed by atoms with Gasteiger partial charge in [0.25, 0.3) is 0 Å². The zero-order valence-corrected chi connectivity index (χ0v) is 28.5. The molecular formula is C37H73NO5. The molecular weight excluding hydrogens is 538 g/mol. The summed E-state index contributed by atoms with van der Waals surface area (Å²) in [4.78, 5) is 12.4. The summed E-state index contributed by atoms with van der Waals surface area (Å²) in [5.41, 5.74) is 0. The quantitative estimate of drug-likeness (QED) is 0.0377. The molecule has 0 aromatic heterocycles. The van der Waals surface area contributed by atoms with Crippen molar-refractivity contribution < 1.29 is 25.2 Å². The number of nitrogens with one attached hydrogen (secondary N) is 1. The summed E-state index contributed by atoms with van der Waals surface area (Å²) < 4.78 is 0. The van der Waals surface area contributed by atoms with Crippen molar-refractivity contribution in [2.75, 3.05) is 6.61 Å². The average molecular weight is 612 g/mol. The first-order valence-corrected chi connectivity index (χ1v) is 18.6. The fourth-order valence-electron chi connectivity index (χ4n) is 5.69. The number of aliphatic hydroxyl groups excluding tert-OH is 4. The predicted octanol–water partition coefficient (Wildman–Crippen LogP) is 8.67. The van der Waals surface area contributed by atoms with Gasteiger partial charge in [0.15, 0.2) is 0 Å². The lowest BCUT2D eigenvalue weighted by Crippen LogP contribution is -2.53. The summed E-state index contributed by atoms with van der Waals surface area (Å²) in [6.07, 6.45) is 32.3. The minimum atomic E-state index is -1.25. The molecule has 0 aromatic rings. The largest absolute Gasteiger partial charge is 0.394 e. The lowest BCUT2D eigenvalue weighted by molar-refractivity contribution is -0.132. The van der Waals surface area contributed by atoms with E-state index in [1.54, 1.807) is 0 Å². The number of allylic oxidation sites excluding steroid dienone is 2. The molecule has 0 aliphatic rings. The van der Waals surface area contributed by atoms with Gasteiger partial charge in [-0.1, -0.05) is 161 Å². The number of carbonyl (C=O) groups is 1. The Bertz CT molecular complexity index is 614. The molecule has 43 heavy (non-hydrogen) atoms. The molecule has 0 fully saturated rings. The number of hydrogen-bond donors (Lipinski definition) is 5. The van der Waals surface area contributed by atoms with Gasteiger partial charge in [-0.15, -0.1) is 0 Å². The van der Waals surface area contributed by atoms with Crippen molar-refractivity contribution >= 4 is 5.91 Å². The van der Waals surface area contributed by atoms with Crippen LogP contribution in [0.5, 0.6) is 0 Å². The Morgan fingerprint density at radius 2 is 0.930 bits per heavy atom. The SMILES string of the molecule is CCCCCCCC/C=C\CCCCCCCCC(O)C(=O)NC(CO)C(O)C(O)CCCCCCCCCCCCC. The van der Waals surface area contributed by atoms with Gasteiger partial charge in [0, 0.05) is 0 Å². The molecule has 1 amide bonds. The van der Waals surface area contributed by atoms with E-state index < -0.39 is 36.9 Å². The molecule has 0 saturated heterocycles. The Hall–Kier alpha value is -0.950. The molecule has 4 atom stereocenters. The molecule has 5 N–H and O–H groups in total. The Labute approximate surface area is 266 Å². The highest BCUT2D eigenvalue weighted by Crippen LogP contribution is 2.15. The third kappa shape index (κ3) is 27.1. The molecule has 4 unspecified atom stereocenters. The number of unbranched alkanes of at least 4 members (excludes halogenated alkanes) is 22. The second kappa shape index (κ2) is 32.4. The average Bonchev–Trinajstić information content (AvgIpc) is 3.01. The minimum Gasteiger partial charge on any atom is -0.394 e. The molecule has 0 bridgehead atoms. The van der Waals surface area contributed by atoms with Crippen LogP contribution >= 0.6 is 0 Å². The lowest BCUT2D eigenvalue weighted by Gasteiger charge is -2.27. The van der Waals surface area contributed by atoms with Crippen molar-refractivity contribution in [3.05, 3.63) is 12.2 Å². The van der Waals surface area contributed by atoms with Gasteiger partial charge in [0.1, 0.15) is 12.2 Å². The van der Waals surface area contributed by atoms with Crippen molar-refractivity contribution in [3.8, 4) is 0 Å². The van der Waals surface area contributed by atoms with E-state index in [2.05, 4.69) is 31.3 Å². The Morgan fingerprint density at radius 1 is 0.558 bits per heavy atom. The van der Waals surface area contributed by atoms with Crippen LogP contribution in [-0.4, -0.2) is 57.3 Å². The van der Waals surface area contributed by atoms with Crippen molar-refractivity contribution in [2.24, 2.45) is 0 Å². The summed E-state index contributed by atoms with van der Waals surface area (Å²) >= 11 is 0. The number of amides is 1. The molecule has 0 rings (SSSR count). The van der Waals surface area contributed by atoms with E-state index in [1.165, 1.54) is 116 Å². The van der Waals surface area contributed by atoms with E-state index in [0.29, 0.717) is 12.8 Å². The second-order valence-corrected chi connectivity index (χ2v) is 12.9. The molecule has 0 heterocycles. The predicted molar refractivity (Wildman–Crippen MR) is 182 cm³/mol. The molecule has 0 spiro atoms. The van der Waals surface area contributed by atoms with Crippen LogP contribution in [0.1, 0.15) is 187 Å². The van der Waals surface area contributed by atoms with Crippen molar-refractivity contribution in [2.45, 2.75) is 212 Å². The number of aliphatic hydroxyl groups is 4. The maximum absolute atomic E-state index is 12.4. The standard InChI is InChI=1S/C37H73NO5/c1-3-5-7-9-11-13-15-16-17-18-19-21-23-25-27-29-31-35(41)37(43)38-33(32-39)36(42)34(40)30-28-26-24-22-20-14-12-10-8-6-4-2/h16-17,33-36,39-42H,3-15,18-32H2,1-2H3,(H,38,43)/b17-16-. The Morgan fingerprint density at radius 3 is 1.35 bits per heavy atom. The zero-order chi connectivity index (χ0) is 31.8. The second-order valence-electron chi connectivity index (χ2n) is 12.9. The van der Waals surface area contributed by atoms with Crippen LogP contribution in [0.25, 0.3) is 0 Å². The minimum absolute atomic E-state index is 0.364.